The molecule has 1 aliphatic heterocycles. The lowest BCUT2D eigenvalue weighted by molar-refractivity contribution is 0.643. The smallest absolute Gasteiger partial charge is 0.0461 e. The molecule has 1 aliphatic rings. The third kappa shape index (κ3) is 1.34. The summed E-state index contributed by atoms with van der Waals surface area (Å²) in [6, 6.07) is 4.18. The van der Waals surface area contributed by atoms with Gasteiger partial charge in [-0.25, -0.2) is 0 Å². The van der Waals surface area contributed by atoms with E-state index in [1.54, 1.807) is 0 Å². The molecule has 64 valence electrons. The molecule has 0 bridgehead atoms. The minimum Gasteiger partial charge on any atom is -0.398 e. The second-order valence-corrected chi connectivity index (χ2v) is 3.92. The Morgan fingerprint density at radius 3 is 3.00 bits per heavy atom. The van der Waals surface area contributed by atoms with Crippen molar-refractivity contribution in [2.24, 2.45) is 0 Å². The molecule has 0 spiro atoms. The summed E-state index contributed by atoms with van der Waals surface area (Å²) in [5.74, 6) is 0. The van der Waals surface area contributed by atoms with E-state index in [0.29, 0.717) is 0 Å². The van der Waals surface area contributed by atoms with Crippen LogP contribution in [0.25, 0.3) is 0 Å². The summed E-state index contributed by atoms with van der Waals surface area (Å²) < 4.78 is 1.00. The second kappa shape index (κ2) is 3.07. The number of hydrogen-bond acceptors (Lipinski definition) is 2. The Bertz CT molecular complexity index is 279. The van der Waals surface area contributed by atoms with Crippen LogP contribution in [0.4, 0.5) is 5.69 Å². The van der Waals surface area contributed by atoms with E-state index < -0.39 is 0 Å². The van der Waals surface area contributed by atoms with Gasteiger partial charge in [0.15, 0.2) is 0 Å². The van der Waals surface area contributed by atoms with Gasteiger partial charge >= 0.3 is 0 Å². The number of nitrogens with two attached hydrogens (primary N) is 1. The fourth-order valence-electron chi connectivity index (χ4n) is 1.52. The molecule has 0 atom stereocenters. The number of nitrogens with one attached hydrogen (secondary N) is 1. The zero-order chi connectivity index (χ0) is 8.55. The van der Waals surface area contributed by atoms with E-state index in [9.17, 15) is 0 Å². The van der Waals surface area contributed by atoms with Gasteiger partial charge < -0.3 is 11.1 Å². The van der Waals surface area contributed by atoms with Crippen molar-refractivity contribution >= 4 is 21.6 Å². The zero-order valence-corrected chi connectivity index (χ0v) is 8.32. The molecule has 0 aliphatic carbocycles. The van der Waals surface area contributed by atoms with Crippen LogP contribution in [0.3, 0.4) is 0 Å². The van der Waals surface area contributed by atoms with Crippen LogP contribution in [-0.2, 0) is 13.0 Å². The molecule has 0 aromatic heterocycles. The summed E-state index contributed by atoms with van der Waals surface area (Å²) in [7, 11) is 0. The number of anilines is 1. The molecule has 0 amide bonds. The fourth-order valence-corrected chi connectivity index (χ4v) is 1.91. The largest absolute Gasteiger partial charge is 0.398 e. The molecule has 1 heterocycles. The van der Waals surface area contributed by atoms with Crippen LogP contribution < -0.4 is 11.1 Å². The minimum absolute atomic E-state index is 0.843. The highest BCUT2D eigenvalue weighted by atomic mass is 79.9. The average Bonchev–Trinajstić information content (AvgIpc) is 2.07. The van der Waals surface area contributed by atoms with E-state index in [-0.39, 0.29) is 0 Å². The summed E-state index contributed by atoms with van der Waals surface area (Å²) >= 11 is 3.42. The van der Waals surface area contributed by atoms with Crippen molar-refractivity contribution in [3.8, 4) is 0 Å². The number of hydrogen-bond donors (Lipinski definition) is 2. The molecule has 3 heteroatoms. The molecule has 0 fully saturated rings. The molecule has 12 heavy (non-hydrogen) atoms. The number of halogens is 1. The van der Waals surface area contributed by atoms with Crippen LogP contribution in [-0.4, -0.2) is 6.54 Å². The van der Waals surface area contributed by atoms with Crippen molar-refractivity contribution in [3.05, 3.63) is 27.7 Å². The topological polar surface area (TPSA) is 38.0 Å². The highest BCUT2D eigenvalue weighted by molar-refractivity contribution is 9.10. The molecular weight excluding hydrogens is 216 g/mol. The van der Waals surface area contributed by atoms with Gasteiger partial charge in [0.2, 0.25) is 0 Å². The van der Waals surface area contributed by atoms with Gasteiger partial charge in [-0.1, -0.05) is 0 Å². The van der Waals surface area contributed by atoms with Crippen molar-refractivity contribution in [2.75, 3.05) is 12.3 Å². The summed E-state index contributed by atoms with van der Waals surface area (Å²) in [6.45, 7) is 2.03. The molecule has 2 nitrogen and oxygen atoms in total. The Labute approximate surface area is 80.3 Å². The minimum atomic E-state index is 0.843. The second-order valence-electron chi connectivity index (χ2n) is 3.07. The molecule has 0 saturated carbocycles. The van der Waals surface area contributed by atoms with Crippen LogP contribution in [0.2, 0.25) is 0 Å². The Kier molecular flexibility index (Phi) is 2.07. The van der Waals surface area contributed by atoms with Gasteiger partial charge in [0, 0.05) is 16.7 Å². The lowest BCUT2D eigenvalue weighted by atomic mass is 10.0. The van der Waals surface area contributed by atoms with Crippen LogP contribution in [0.5, 0.6) is 0 Å². The molecule has 2 rings (SSSR count). The first-order valence-corrected chi connectivity index (χ1v) is 4.84. The predicted octanol–water partition coefficient (Wildman–Crippen LogP) is 1.68. The van der Waals surface area contributed by atoms with E-state index in [0.717, 1.165) is 29.7 Å². The van der Waals surface area contributed by atoms with Gasteiger partial charge in [-0.3, -0.25) is 0 Å². The third-order valence-corrected chi connectivity index (χ3v) is 2.89. The first kappa shape index (κ1) is 8.08. The summed E-state index contributed by atoms with van der Waals surface area (Å²) in [4.78, 5) is 0. The highest BCUT2D eigenvalue weighted by Gasteiger charge is 2.09. The zero-order valence-electron chi connectivity index (χ0n) is 6.73. The molecule has 3 N–H and O–H groups in total. The molecule has 0 radical (unpaired) electrons. The Morgan fingerprint density at radius 2 is 2.17 bits per heavy atom. The maximum absolute atomic E-state index is 5.78. The van der Waals surface area contributed by atoms with Crippen molar-refractivity contribution in [2.45, 2.75) is 13.0 Å². The Hall–Kier alpha value is -0.540. The summed E-state index contributed by atoms with van der Waals surface area (Å²) in [5, 5.41) is 3.33. The monoisotopic (exact) mass is 226 g/mol. The van der Waals surface area contributed by atoms with Crippen molar-refractivity contribution < 1.29 is 0 Å². The van der Waals surface area contributed by atoms with E-state index in [1.807, 2.05) is 0 Å². The van der Waals surface area contributed by atoms with Gasteiger partial charge in [0.1, 0.15) is 0 Å². The van der Waals surface area contributed by atoms with E-state index in [4.69, 9.17) is 5.73 Å². The van der Waals surface area contributed by atoms with E-state index in [2.05, 4.69) is 33.4 Å². The van der Waals surface area contributed by atoms with Crippen molar-refractivity contribution in [1.29, 1.82) is 0 Å². The van der Waals surface area contributed by atoms with Crippen LogP contribution in [0.1, 0.15) is 11.1 Å². The first-order valence-electron chi connectivity index (χ1n) is 4.05. The molecule has 0 saturated heterocycles. The Morgan fingerprint density at radius 1 is 1.33 bits per heavy atom. The van der Waals surface area contributed by atoms with Crippen LogP contribution in [0.15, 0.2) is 16.6 Å². The third-order valence-electron chi connectivity index (χ3n) is 2.21. The predicted molar refractivity (Wildman–Crippen MR) is 54.0 cm³/mol. The lowest BCUT2D eigenvalue weighted by Crippen LogP contribution is -2.23. The van der Waals surface area contributed by atoms with Crippen molar-refractivity contribution in [3.63, 3.8) is 0 Å². The molecular formula is C9H11BrN2. The van der Waals surface area contributed by atoms with E-state index in [1.165, 1.54) is 11.1 Å². The Balaban J connectivity index is 2.49. The van der Waals surface area contributed by atoms with Crippen molar-refractivity contribution in [1.82, 2.24) is 5.32 Å². The van der Waals surface area contributed by atoms with Gasteiger partial charge in [-0.2, -0.15) is 0 Å². The number of benzene rings is 1. The molecule has 1 aromatic carbocycles. The lowest BCUT2D eigenvalue weighted by Gasteiger charge is -2.17. The quantitative estimate of drug-likeness (QED) is 0.661. The van der Waals surface area contributed by atoms with Gasteiger partial charge in [0.05, 0.1) is 0 Å². The number of nitrogen functional groups attached to an aromatic ring is 1. The number of fused-ring (bicyclic) bond motifs is 1. The van der Waals surface area contributed by atoms with Crippen LogP contribution in [0, 0.1) is 0 Å². The molecule has 1 aromatic rings. The first-order chi connectivity index (χ1) is 5.77. The van der Waals surface area contributed by atoms with Gasteiger partial charge in [-0.05, 0) is 52.2 Å². The SMILES string of the molecule is Nc1cc2c(cc1Br)CNCC2. The van der Waals surface area contributed by atoms with Gasteiger partial charge in [-0.15, -0.1) is 0 Å². The standard InChI is InChI=1S/C9H11BrN2/c10-8-3-7-5-12-2-1-6(7)4-9(8)11/h3-4,12H,1-2,5,11H2. The van der Waals surface area contributed by atoms with E-state index >= 15 is 0 Å². The maximum Gasteiger partial charge on any atom is 0.0461 e. The summed E-state index contributed by atoms with van der Waals surface area (Å²) in [5.41, 5.74) is 9.37. The van der Waals surface area contributed by atoms with Gasteiger partial charge in [0.25, 0.3) is 0 Å². The number of rotatable bonds is 0. The normalized spacial score (nSPS) is 15.8. The molecule has 0 unspecified atom stereocenters. The van der Waals surface area contributed by atoms with Crippen LogP contribution >= 0.6 is 15.9 Å². The fraction of sp³-hybridized carbons (Fsp3) is 0.333. The summed E-state index contributed by atoms with van der Waals surface area (Å²) in [6.07, 6.45) is 1.09. The average molecular weight is 227 g/mol. The maximum atomic E-state index is 5.78. The highest BCUT2D eigenvalue weighted by Crippen LogP contribution is 2.25.